The Morgan fingerprint density at radius 3 is 2.57 bits per heavy atom. The number of fused-ring (bicyclic) bond motifs is 1. The van der Waals surface area contributed by atoms with Gasteiger partial charge in [-0.1, -0.05) is 18.2 Å². The molecule has 0 aliphatic carbocycles. The lowest BCUT2D eigenvalue weighted by atomic mass is 10.2. The van der Waals surface area contributed by atoms with Gasteiger partial charge in [0.2, 0.25) is 15.9 Å². The van der Waals surface area contributed by atoms with Crippen LogP contribution in [0.3, 0.4) is 0 Å². The molecular formula is C20H24N4O3S. The van der Waals surface area contributed by atoms with Crippen LogP contribution in [0.5, 0.6) is 0 Å². The van der Waals surface area contributed by atoms with Crippen LogP contribution in [0.1, 0.15) is 25.3 Å². The molecule has 1 unspecified atom stereocenters. The number of hydrogen-bond donors (Lipinski definition) is 1. The predicted octanol–water partition coefficient (Wildman–Crippen LogP) is 2.26. The first-order chi connectivity index (χ1) is 13.5. The second-order valence-corrected chi connectivity index (χ2v) is 9.16. The Balaban J connectivity index is 1.44. The number of benzene rings is 1. The van der Waals surface area contributed by atoms with E-state index in [1.807, 2.05) is 24.3 Å². The zero-order chi connectivity index (χ0) is 19.7. The van der Waals surface area contributed by atoms with E-state index in [-0.39, 0.29) is 10.8 Å². The van der Waals surface area contributed by atoms with Gasteiger partial charge < -0.3 is 10.2 Å². The fourth-order valence-electron chi connectivity index (χ4n) is 3.78. The number of sulfonamides is 1. The second-order valence-electron chi connectivity index (χ2n) is 7.22. The maximum absolute atomic E-state index is 12.8. The number of aromatic nitrogens is 1. The van der Waals surface area contributed by atoms with E-state index in [0.29, 0.717) is 25.5 Å². The molecule has 148 valence electrons. The van der Waals surface area contributed by atoms with Crippen molar-refractivity contribution >= 4 is 27.4 Å². The Morgan fingerprint density at radius 1 is 1.11 bits per heavy atom. The highest BCUT2D eigenvalue weighted by Crippen LogP contribution is 2.28. The van der Waals surface area contributed by atoms with Crippen LogP contribution in [-0.2, 0) is 21.2 Å². The Hall–Kier alpha value is -2.45. The highest BCUT2D eigenvalue weighted by atomic mass is 32.2. The summed E-state index contributed by atoms with van der Waals surface area (Å²) in [6, 6.07) is 10.6. The van der Waals surface area contributed by atoms with Gasteiger partial charge >= 0.3 is 0 Å². The first kappa shape index (κ1) is 18.9. The quantitative estimate of drug-likeness (QED) is 0.832. The van der Waals surface area contributed by atoms with Crippen LogP contribution >= 0.6 is 0 Å². The normalized spacial score (nSPS) is 18.1. The largest absolute Gasteiger partial charge is 0.359 e. The number of anilines is 2. The average Bonchev–Trinajstić information content (AvgIpc) is 3.38. The fraction of sp³-hybridized carbons (Fsp3) is 0.400. The molecular weight excluding hydrogens is 376 g/mol. The SMILES string of the molecule is CC(Nc1ccc(S(=O)(=O)N2CCCC2)cn1)C(=O)N1CCc2ccccc21. The molecule has 1 aromatic heterocycles. The molecule has 2 aromatic rings. The van der Waals surface area contributed by atoms with Gasteiger partial charge in [-0.05, 0) is 49.9 Å². The molecule has 2 aliphatic heterocycles. The molecule has 0 bridgehead atoms. The Labute approximate surface area is 165 Å². The summed E-state index contributed by atoms with van der Waals surface area (Å²) >= 11 is 0. The number of amides is 1. The minimum Gasteiger partial charge on any atom is -0.359 e. The third kappa shape index (κ3) is 3.49. The summed E-state index contributed by atoms with van der Waals surface area (Å²) in [4.78, 5) is 19.0. The van der Waals surface area contributed by atoms with E-state index < -0.39 is 16.1 Å². The monoisotopic (exact) mass is 400 g/mol. The third-order valence-electron chi connectivity index (χ3n) is 5.33. The molecule has 1 fully saturated rings. The van der Waals surface area contributed by atoms with Crippen LogP contribution in [-0.4, -0.2) is 49.3 Å². The maximum Gasteiger partial charge on any atom is 0.249 e. The van der Waals surface area contributed by atoms with Gasteiger partial charge in [0.05, 0.1) is 0 Å². The summed E-state index contributed by atoms with van der Waals surface area (Å²) in [5.41, 5.74) is 2.14. The van der Waals surface area contributed by atoms with Crippen LogP contribution in [0.25, 0.3) is 0 Å². The van der Waals surface area contributed by atoms with Crippen LogP contribution in [0.15, 0.2) is 47.5 Å². The third-order valence-corrected chi connectivity index (χ3v) is 7.21. The minimum atomic E-state index is -3.48. The molecule has 1 saturated heterocycles. The van der Waals surface area contributed by atoms with E-state index in [0.717, 1.165) is 24.9 Å². The molecule has 8 heteroatoms. The van der Waals surface area contributed by atoms with Crippen molar-refractivity contribution in [3.63, 3.8) is 0 Å². The summed E-state index contributed by atoms with van der Waals surface area (Å²) < 4.78 is 26.6. The van der Waals surface area contributed by atoms with Crippen LogP contribution in [0, 0.1) is 0 Å². The van der Waals surface area contributed by atoms with Crippen LogP contribution in [0.2, 0.25) is 0 Å². The van der Waals surface area contributed by atoms with Gasteiger partial charge in [0.1, 0.15) is 16.8 Å². The number of carbonyl (C=O) groups is 1. The number of nitrogens with zero attached hydrogens (tertiary/aromatic N) is 3. The molecule has 1 atom stereocenters. The van der Waals surface area contributed by atoms with Crippen molar-refractivity contribution in [3.8, 4) is 0 Å². The van der Waals surface area contributed by atoms with Gasteiger partial charge in [0, 0.05) is 31.5 Å². The summed E-state index contributed by atoms with van der Waals surface area (Å²) in [6.45, 7) is 3.58. The van der Waals surface area contributed by atoms with Gasteiger partial charge in [0.15, 0.2) is 0 Å². The molecule has 1 aromatic carbocycles. The molecule has 7 nitrogen and oxygen atoms in total. The van der Waals surface area contributed by atoms with Gasteiger partial charge in [-0.15, -0.1) is 0 Å². The lowest BCUT2D eigenvalue weighted by molar-refractivity contribution is -0.118. The van der Waals surface area contributed by atoms with Crippen molar-refractivity contribution in [3.05, 3.63) is 48.2 Å². The highest BCUT2D eigenvalue weighted by molar-refractivity contribution is 7.89. The fourth-order valence-corrected chi connectivity index (χ4v) is 5.24. The van der Waals surface area contributed by atoms with Crippen molar-refractivity contribution in [2.24, 2.45) is 0 Å². The van der Waals surface area contributed by atoms with E-state index in [4.69, 9.17) is 0 Å². The van der Waals surface area contributed by atoms with E-state index in [2.05, 4.69) is 10.3 Å². The number of carbonyl (C=O) groups excluding carboxylic acids is 1. The Bertz CT molecular complexity index is 969. The number of hydrogen-bond acceptors (Lipinski definition) is 5. The van der Waals surface area contributed by atoms with E-state index in [9.17, 15) is 13.2 Å². The first-order valence-electron chi connectivity index (χ1n) is 9.59. The highest BCUT2D eigenvalue weighted by Gasteiger charge is 2.29. The van der Waals surface area contributed by atoms with Crippen molar-refractivity contribution in [1.82, 2.24) is 9.29 Å². The predicted molar refractivity (Wildman–Crippen MR) is 108 cm³/mol. The molecule has 0 saturated carbocycles. The van der Waals surface area contributed by atoms with Gasteiger partial charge in [-0.3, -0.25) is 4.79 Å². The van der Waals surface area contributed by atoms with Gasteiger partial charge in [-0.25, -0.2) is 13.4 Å². The standard InChI is InChI=1S/C20H24N4O3S/c1-15(20(25)24-13-10-16-6-2-3-7-18(16)24)22-19-9-8-17(14-21-19)28(26,27)23-11-4-5-12-23/h2-3,6-9,14-15H,4-5,10-13H2,1H3,(H,21,22). The van der Waals surface area contributed by atoms with Gasteiger partial charge in [0.25, 0.3) is 0 Å². The number of para-hydroxylation sites is 1. The van der Waals surface area contributed by atoms with Crippen molar-refractivity contribution in [2.75, 3.05) is 29.9 Å². The summed E-state index contributed by atoms with van der Waals surface area (Å²) in [5.74, 6) is 0.453. The van der Waals surface area contributed by atoms with Crippen molar-refractivity contribution < 1.29 is 13.2 Å². The molecule has 1 amide bonds. The zero-order valence-corrected chi connectivity index (χ0v) is 16.7. The topological polar surface area (TPSA) is 82.6 Å². The summed E-state index contributed by atoms with van der Waals surface area (Å²) in [6.07, 6.45) is 4.01. The lowest BCUT2D eigenvalue weighted by Gasteiger charge is -2.23. The van der Waals surface area contributed by atoms with Crippen molar-refractivity contribution in [2.45, 2.75) is 37.1 Å². The Morgan fingerprint density at radius 2 is 1.86 bits per heavy atom. The number of rotatable bonds is 5. The molecule has 0 radical (unpaired) electrons. The molecule has 2 aliphatic rings. The second kappa shape index (κ2) is 7.52. The first-order valence-corrected chi connectivity index (χ1v) is 11.0. The smallest absolute Gasteiger partial charge is 0.249 e. The van der Waals surface area contributed by atoms with Gasteiger partial charge in [-0.2, -0.15) is 4.31 Å². The molecule has 3 heterocycles. The number of nitrogens with one attached hydrogen (secondary N) is 1. The summed E-state index contributed by atoms with van der Waals surface area (Å²) in [5, 5.41) is 3.09. The summed E-state index contributed by atoms with van der Waals surface area (Å²) in [7, 11) is -3.48. The lowest BCUT2D eigenvalue weighted by Crippen LogP contribution is -2.40. The minimum absolute atomic E-state index is 0.0273. The van der Waals surface area contributed by atoms with E-state index in [1.54, 1.807) is 24.0 Å². The Kier molecular flexibility index (Phi) is 5.07. The van der Waals surface area contributed by atoms with E-state index >= 15 is 0 Å². The van der Waals surface area contributed by atoms with Crippen LogP contribution in [0.4, 0.5) is 11.5 Å². The molecule has 1 N–H and O–H groups in total. The average molecular weight is 401 g/mol. The van der Waals surface area contributed by atoms with Crippen LogP contribution < -0.4 is 10.2 Å². The van der Waals surface area contributed by atoms with E-state index in [1.165, 1.54) is 16.1 Å². The zero-order valence-electron chi connectivity index (χ0n) is 15.8. The maximum atomic E-state index is 12.8. The molecule has 0 spiro atoms. The number of pyridine rings is 1. The molecule has 4 rings (SSSR count). The molecule has 28 heavy (non-hydrogen) atoms. The van der Waals surface area contributed by atoms with Crippen molar-refractivity contribution in [1.29, 1.82) is 0 Å².